The van der Waals surface area contributed by atoms with Gasteiger partial charge < -0.3 is 0 Å². The summed E-state index contributed by atoms with van der Waals surface area (Å²) in [7, 11) is 0. The molecule has 0 heterocycles. The molecule has 0 aromatic carbocycles. The van der Waals surface area contributed by atoms with Gasteiger partial charge in [-0.15, -0.1) is 13.2 Å². The van der Waals surface area contributed by atoms with Gasteiger partial charge in [0.25, 0.3) is 0 Å². The maximum Gasteiger partial charge on any atom is 0.0955 e. The van der Waals surface area contributed by atoms with E-state index in [0.717, 1.165) is 12.8 Å². The van der Waals surface area contributed by atoms with Crippen molar-refractivity contribution in [2.75, 3.05) is 0 Å². The van der Waals surface area contributed by atoms with Crippen molar-refractivity contribution < 1.29 is 9.47 Å². The topological polar surface area (TPSA) is 9.23 Å². The van der Waals surface area contributed by atoms with Gasteiger partial charge in [0, 0.05) is 0 Å². The van der Waals surface area contributed by atoms with Gasteiger partial charge in [0.15, 0.2) is 0 Å². The molecule has 2 heteroatoms. The summed E-state index contributed by atoms with van der Waals surface area (Å²) < 4.78 is 11.1. The summed E-state index contributed by atoms with van der Waals surface area (Å²) in [4.78, 5) is 3.49. The molecule has 0 aliphatic carbocycles. The van der Waals surface area contributed by atoms with Gasteiger partial charge in [-0.1, -0.05) is 13.3 Å². The molecule has 1 nitrogen and oxygen atoms in total. The van der Waals surface area contributed by atoms with E-state index in [-0.39, 0.29) is 6.10 Å². The Morgan fingerprint density at radius 1 is 1.56 bits per heavy atom. The molecule has 0 radical (unpaired) electrons. The lowest BCUT2D eigenvalue weighted by Gasteiger charge is -1.99. The third kappa shape index (κ3) is 11.3. The maximum absolute atomic E-state index is 11.1. The van der Waals surface area contributed by atoms with Crippen molar-refractivity contribution in [3.05, 3.63) is 13.2 Å². The summed E-state index contributed by atoms with van der Waals surface area (Å²) in [6.45, 7) is 9.71. The summed E-state index contributed by atoms with van der Waals surface area (Å²) >= 11 is 0. The lowest BCUT2D eigenvalue weighted by Crippen LogP contribution is -1.99. The van der Waals surface area contributed by atoms with E-state index in [1.165, 1.54) is 0 Å². The maximum atomic E-state index is 11.1. The van der Waals surface area contributed by atoms with Crippen molar-refractivity contribution >= 4 is 0 Å². The van der Waals surface area contributed by atoms with Gasteiger partial charge in [0.1, 0.15) is 0 Å². The summed E-state index contributed by atoms with van der Waals surface area (Å²) in [6, 6.07) is 0. The molecule has 0 bridgehead atoms. The molecule has 56 valence electrons. The first-order chi connectivity index (χ1) is 4.31. The highest BCUT2D eigenvalue weighted by atomic mass is 19.3. The van der Waals surface area contributed by atoms with Crippen LogP contribution in [0.5, 0.6) is 0 Å². The lowest BCUT2D eigenvalue weighted by molar-refractivity contribution is -0.174. The molecular weight excluding hydrogens is 119 g/mol. The van der Waals surface area contributed by atoms with Crippen molar-refractivity contribution in [1.82, 2.24) is 0 Å². The Kier molecular flexibility index (Phi) is 13.4. The van der Waals surface area contributed by atoms with Crippen LogP contribution in [0.15, 0.2) is 13.2 Å². The Morgan fingerprint density at radius 3 is 2.11 bits per heavy atom. The van der Waals surface area contributed by atoms with Gasteiger partial charge in [-0.25, -0.2) is 0 Å². The van der Waals surface area contributed by atoms with Crippen LogP contribution in [-0.4, -0.2) is 6.10 Å². The van der Waals surface area contributed by atoms with Crippen molar-refractivity contribution in [1.29, 1.82) is 0 Å². The predicted molar refractivity (Wildman–Crippen MR) is 37.8 cm³/mol. The minimum absolute atomic E-state index is 0.218. The molecule has 0 fully saturated rings. The fourth-order valence-corrected chi connectivity index (χ4v) is 0.451. The SMILES string of the molecule is C=C.CCCC(C)OF. The van der Waals surface area contributed by atoms with E-state index in [1.807, 2.05) is 6.92 Å². The zero-order valence-corrected chi connectivity index (χ0v) is 6.19. The lowest BCUT2D eigenvalue weighted by atomic mass is 10.2. The monoisotopic (exact) mass is 134 g/mol. The fraction of sp³-hybridized carbons (Fsp3) is 0.714. The Hall–Kier alpha value is -0.370. The first kappa shape index (κ1) is 11.4. The molecule has 0 rings (SSSR count). The Bertz CT molecular complexity index is 48.2. The van der Waals surface area contributed by atoms with Crippen molar-refractivity contribution in [2.45, 2.75) is 32.8 Å². The molecule has 0 N–H and O–H groups in total. The molecule has 1 unspecified atom stereocenters. The van der Waals surface area contributed by atoms with Gasteiger partial charge in [-0.05, 0) is 17.9 Å². The van der Waals surface area contributed by atoms with Gasteiger partial charge in [0.05, 0.1) is 6.10 Å². The quantitative estimate of drug-likeness (QED) is 0.539. The number of hydrogen-bond donors (Lipinski definition) is 0. The largest absolute Gasteiger partial charge is 0.191 e. The van der Waals surface area contributed by atoms with E-state index in [2.05, 4.69) is 18.1 Å². The predicted octanol–water partition coefficient (Wildman–Crippen LogP) is 2.88. The second-order valence-corrected chi connectivity index (χ2v) is 1.69. The minimum atomic E-state index is -0.218. The van der Waals surface area contributed by atoms with Crippen LogP contribution in [0.25, 0.3) is 0 Å². The molecule has 0 spiro atoms. The molecule has 0 amide bonds. The van der Waals surface area contributed by atoms with Crippen LogP contribution in [0, 0.1) is 0 Å². The summed E-state index contributed by atoms with van der Waals surface area (Å²) in [5.74, 6) is 0. The van der Waals surface area contributed by atoms with Crippen LogP contribution < -0.4 is 0 Å². The second kappa shape index (κ2) is 10.6. The summed E-state index contributed by atoms with van der Waals surface area (Å²) in [5, 5.41) is 0. The highest BCUT2D eigenvalue weighted by Crippen LogP contribution is 1.99. The highest BCUT2D eigenvalue weighted by molar-refractivity contribution is 4.42. The van der Waals surface area contributed by atoms with E-state index in [0.29, 0.717) is 0 Å². The number of hydrogen-bond acceptors (Lipinski definition) is 1. The second-order valence-electron chi connectivity index (χ2n) is 1.69. The fourth-order valence-electron chi connectivity index (χ4n) is 0.451. The average molecular weight is 134 g/mol. The van der Waals surface area contributed by atoms with E-state index in [1.54, 1.807) is 6.92 Å². The molecule has 0 aliphatic rings. The van der Waals surface area contributed by atoms with E-state index in [4.69, 9.17) is 0 Å². The van der Waals surface area contributed by atoms with Gasteiger partial charge >= 0.3 is 0 Å². The summed E-state index contributed by atoms with van der Waals surface area (Å²) in [5.41, 5.74) is 0. The molecule has 0 aromatic heterocycles. The van der Waals surface area contributed by atoms with Gasteiger partial charge in [-0.2, -0.15) is 4.94 Å². The van der Waals surface area contributed by atoms with Crippen LogP contribution in [0.4, 0.5) is 4.53 Å². The van der Waals surface area contributed by atoms with Crippen molar-refractivity contribution in [3.63, 3.8) is 0 Å². The highest BCUT2D eigenvalue weighted by Gasteiger charge is 1.96. The first-order valence-electron chi connectivity index (χ1n) is 3.08. The molecule has 0 aliphatic heterocycles. The third-order valence-electron chi connectivity index (χ3n) is 0.847. The van der Waals surface area contributed by atoms with Crippen molar-refractivity contribution in [2.24, 2.45) is 0 Å². The van der Waals surface area contributed by atoms with Gasteiger partial charge in [-0.3, -0.25) is 0 Å². The van der Waals surface area contributed by atoms with Crippen LogP contribution in [-0.2, 0) is 4.94 Å². The normalized spacial score (nSPS) is 11.4. The zero-order chi connectivity index (χ0) is 7.70. The Balaban J connectivity index is 0. The number of halogens is 1. The van der Waals surface area contributed by atoms with Crippen LogP contribution in [0.3, 0.4) is 0 Å². The van der Waals surface area contributed by atoms with Crippen LogP contribution in [0.2, 0.25) is 0 Å². The first-order valence-corrected chi connectivity index (χ1v) is 3.08. The molecule has 1 atom stereocenters. The van der Waals surface area contributed by atoms with E-state index in [9.17, 15) is 4.53 Å². The molecule has 0 saturated carbocycles. The Morgan fingerprint density at radius 2 is 2.00 bits per heavy atom. The molecule has 9 heavy (non-hydrogen) atoms. The molecular formula is C7H15FO. The van der Waals surface area contributed by atoms with E-state index < -0.39 is 0 Å². The van der Waals surface area contributed by atoms with E-state index >= 15 is 0 Å². The molecule has 0 aromatic rings. The average Bonchev–Trinajstić information content (AvgIpc) is 1.93. The van der Waals surface area contributed by atoms with Crippen LogP contribution in [0.1, 0.15) is 26.7 Å². The van der Waals surface area contributed by atoms with Crippen LogP contribution >= 0.6 is 0 Å². The Labute approximate surface area is 56.4 Å². The smallest absolute Gasteiger partial charge is 0.0955 e. The number of rotatable bonds is 3. The van der Waals surface area contributed by atoms with Gasteiger partial charge in [0.2, 0.25) is 0 Å². The standard InChI is InChI=1S/C5H11FO.C2H4/c1-3-4-5(2)7-6;1-2/h5H,3-4H2,1-2H3;1-2H2. The zero-order valence-electron chi connectivity index (χ0n) is 6.19. The summed E-state index contributed by atoms with van der Waals surface area (Å²) in [6.07, 6.45) is 1.56. The third-order valence-corrected chi connectivity index (χ3v) is 0.847. The minimum Gasteiger partial charge on any atom is -0.191 e. The van der Waals surface area contributed by atoms with Crippen molar-refractivity contribution in [3.8, 4) is 0 Å². The molecule has 0 saturated heterocycles.